The van der Waals surface area contributed by atoms with Crippen LogP contribution in [0.1, 0.15) is 63.5 Å². The summed E-state index contributed by atoms with van der Waals surface area (Å²) in [4.78, 5) is 45.1. The lowest BCUT2D eigenvalue weighted by molar-refractivity contribution is -0.136. The van der Waals surface area contributed by atoms with Crippen molar-refractivity contribution in [1.29, 1.82) is 0 Å². The monoisotopic (exact) mass is 725 g/mol. The molecular formula is C37H52BrN5O5. The number of fused-ring (bicyclic) bond motifs is 1. The summed E-state index contributed by atoms with van der Waals surface area (Å²) < 4.78 is 5.43. The molecule has 4 aliphatic rings. The quantitative estimate of drug-likeness (QED) is 0.372. The van der Waals surface area contributed by atoms with E-state index in [2.05, 4.69) is 44.0 Å². The first-order valence-electron chi connectivity index (χ1n) is 17.6. The number of para-hydroxylation sites is 1. The van der Waals surface area contributed by atoms with E-state index < -0.39 is 0 Å². The molecule has 0 aromatic heterocycles. The first-order valence-corrected chi connectivity index (χ1v) is 18.4. The minimum absolute atomic E-state index is 0.0289. The number of nitrogens with zero attached hydrogens (tertiary/aromatic N) is 4. The molecule has 0 spiro atoms. The summed E-state index contributed by atoms with van der Waals surface area (Å²) >= 11 is 3.35. The number of carbonyl (C=O) groups is 3. The van der Waals surface area contributed by atoms with Crippen molar-refractivity contribution in [3.8, 4) is 5.75 Å². The number of aromatic hydroxyl groups is 1. The maximum absolute atomic E-state index is 12.8. The third kappa shape index (κ3) is 9.22. The zero-order chi connectivity index (χ0) is 34.2. The Morgan fingerprint density at radius 2 is 1.56 bits per heavy atom. The fourth-order valence-electron chi connectivity index (χ4n) is 7.50. The summed E-state index contributed by atoms with van der Waals surface area (Å²) in [6, 6.07) is 14.2. The Morgan fingerprint density at radius 3 is 2.23 bits per heavy atom. The van der Waals surface area contributed by atoms with Gasteiger partial charge in [-0.05, 0) is 116 Å². The molecule has 0 bridgehead atoms. The van der Waals surface area contributed by atoms with Gasteiger partial charge in [-0.2, -0.15) is 0 Å². The van der Waals surface area contributed by atoms with E-state index in [9.17, 15) is 19.5 Å². The second-order valence-electron chi connectivity index (χ2n) is 13.9. The Labute approximate surface area is 293 Å². The number of nitrogens with one attached hydrogen (secondary N) is 1. The minimum Gasteiger partial charge on any atom is -0.507 e. The van der Waals surface area contributed by atoms with Crippen molar-refractivity contribution in [2.75, 3.05) is 58.2 Å². The van der Waals surface area contributed by atoms with Gasteiger partial charge in [0.25, 0.3) is 0 Å². The van der Waals surface area contributed by atoms with Gasteiger partial charge in [0.2, 0.25) is 5.91 Å². The van der Waals surface area contributed by atoms with E-state index in [1.165, 1.54) is 38.6 Å². The number of methoxy groups -OCH3 is 1. The van der Waals surface area contributed by atoms with Crippen LogP contribution in [0.15, 0.2) is 46.9 Å². The number of likely N-dealkylation sites (tertiary alicyclic amines) is 3. The highest BCUT2D eigenvalue weighted by Crippen LogP contribution is 2.28. The summed E-state index contributed by atoms with van der Waals surface area (Å²) in [5.74, 6) is 1.34. The normalized spacial score (nSPS) is 20.6. The minimum atomic E-state index is -0.286. The molecule has 4 amide bonds. The zero-order valence-electron chi connectivity index (χ0n) is 28.7. The van der Waals surface area contributed by atoms with E-state index in [0.29, 0.717) is 36.6 Å². The van der Waals surface area contributed by atoms with Crippen LogP contribution >= 0.6 is 15.9 Å². The van der Waals surface area contributed by atoms with Crippen LogP contribution in [-0.4, -0.2) is 108 Å². The number of ether oxygens (including phenoxy) is 1. The molecule has 11 heteroatoms. The van der Waals surface area contributed by atoms with Crippen molar-refractivity contribution in [2.45, 2.75) is 77.3 Å². The van der Waals surface area contributed by atoms with Crippen LogP contribution in [0.5, 0.6) is 5.75 Å². The van der Waals surface area contributed by atoms with Gasteiger partial charge in [-0.25, -0.2) is 9.59 Å². The van der Waals surface area contributed by atoms with Gasteiger partial charge in [-0.3, -0.25) is 4.79 Å². The maximum atomic E-state index is 12.8. The Balaban J connectivity index is 0.000000190. The van der Waals surface area contributed by atoms with Crippen LogP contribution < -0.4 is 5.32 Å². The third-order valence-electron chi connectivity index (χ3n) is 10.6. The number of hydrogen-bond donors (Lipinski definition) is 2. The highest BCUT2D eigenvalue weighted by molar-refractivity contribution is 9.10. The average molecular weight is 727 g/mol. The van der Waals surface area contributed by atoms with Crippen LogP contribution in [0, 0.1) is 11.8 Å². The van der Waals surface area contributed by atoms with Crippen molar-refractivity contribution < 1.29 is 24.2 Å². The Hall–Kier alpha value is -3.31. The number of anilines is 1. The molecule has 0 aliphatic carbocycles. The molecule has 3 fully saturated rings. The number of halogens is 1. The van der Waals surface area contributed by atoms with Crippen molar-refractivity contribution in [2.24, 2.45) is 11.8 Å². The molecule has 1 atom stereocenters. The topological polar surface area (TPSA) is 106 Å². The summed E-state index contributed by atoms with van der Waals surface area (Å²) in [6.45, 7) is 10.6. The number of piperidine rings is 3. The van der Waals surface area contributed by atoms with E-state index in [1.807, 2.05) is 42.2 Å². The van der Waals surface area contributed by atoms with Crippen molar-refractivity contribution in [3.63, 3.8) is 0 Å². The van der Waals surface area contributed by atoms with Gasteiger partial charge in [0.15, 0.2) is 0 Å². The molecule has 48 heavy (non-hydrogen) atoms. The van der Waals surface area contributed by atoms with Gasteiger partial charge in [0.1, 0.15) is 5.75 Å². The van der Waals surface area contributed by atoms with Gasteiger partial charge >= 0.3 is 12.1 Å². The van der Waals surface area contributed by atoms with E-state index in [4.69, 9.17) is 4.74 Å². The predicted octanol–water partition coefficient (Wildman–Crippen LogP) is 6.36. The molecular weight excluding hydrogens is 674 g/mol. The number of phenolic OH excluding ortho intramolecular Hbond substituents is 1. The second kappa shape index (κ2) is 16.9. The van der Waals surface area contributed by atoms with Crippen LogP contribution in [0.2, 0.25) is 0 Å². The van der Waals surface area contributed by atoms with E-state index in [-0.39, 0.29) is 35.7 Å². The van der Waals surface area contributed by atoms with Crippen LogP contribution in [0.4, 0.5) is 15.3 Å². The van der Waals surface area contributed by atoms with Crippen molar-refractivity contribution in [1.82, 2.24) is 19.6 Å². The lowest BCUT2D eigenvalue weighted by Crippen LogP contribution is -2.50. The lowest BCUT2D eigenvalue weighted by atomic mass is 9.94. The number of amides is 4. The molecule has 0 saturated carbocycles. The van der Waals surface area contributed by atoms with Gasteiger partial charge in [-0.15, -0.1) is 0 Å². The molecule has 2 aromatic carbocycles. The maximum Gasteiger partial charge on any atom is 0.409 e. The smallest absolute Gasteiger partial charge is 0.409 e. The van der Waals surface area contributed by atoms with E-state index in [1.54, 1.807) is 11.0 Å². The van der Waals surface area contributed by atoms with Gasteiger partial charge in [0.05, 0.1) is 11.6 Å². The summed E-state index contributed by atoms with van der Waals surface area (Å²) in [5.41, 5.74) is 3.15. The number of rotatable bonds is 5. The van der Waals surface area contributed by atoms with Crippen LogP contribution in [0.25, 0.3) is 0 Å². The fraction of sp³-hybridized carbons (Fsp3) is 0.595. The Kier molecular flexibility index (Phi) is 12.7. The van der Waals surface area contributed by atoms with E-state index in [0.717, 1.165) is 62.4 Å². The summed E-state index contributed by atoms with van der Waals surface area (Å²) in [5, 5.41) is 12.6. The highest BCUT2D eigenvalue weighted by atomic mass is 79.9. The number of benzene rings is 2. The van der Waals surface area contributed by atoms with Gasteiger partial charge < -0.3 is 34.8 Å². The highest BCUT2D eigenvalue weighted by Gasteiger charge is 2.32. The summed E-state index contributed by atoms with van der Waals surface area (Å²) in [7, 11) is 1.40. The first-order chi connectivity index (χ1) is 23.1. The third-order valence-corrected chi connectivity index (χ3v) is 11.2. The fourth-order valence-corrected chi connectivity index (χ4v) is 7.93. The molecule has 0 unspecified atom stereocenters. The summed E-state index contributed by atoms with van der Waals surface area (Å²) in [6.07, 6.45) is 7.71. The van der Waals surface area contributed by atoms with Crippen molar-refractivity contribution in [3.05, 3.63) is 58.1 Å². The standard InChI is InChI=1S/C21H31BrN2O2.C16H21N3O3/c1-15-5-9-23(10-6-15)18-7-11-24(12-8-18)21(26)16(2)13-17-3-4-20(25)19(22)14-17;1-22-16(21)18-9-7-13(8-10-18)19-11-6-12-4-2-3-5-14(12)17-15(19)20/h3-4,14-16,18,25H,5-13H2,1-2H3;2-5,13H,6-11H2,1H3,(H,17,20)/t16-;/m1./s1. The molecule has 0 radical (unpaired) electrons. The Bertz CT molecular complexity index is 1400. The molecule has 6 rings (SSSR count). The second-order valence-corrected chi connectivity index (χ2v) is 14.7. The van der Waals surface area contributed by atoms with Gasteiger partial charge in [-0.1, -0.05) is 38.1 Å². The Morgan fingerprint density at radius 1 is 0.917 bits per heavy atom. The lowest BCUT2D eigenvalue weighted by Gasteiger charge is -2.41. The van der Waals surface area contributed by atoms with E-state index >= 15 is 0 Å². The van der Waals surface area contributed by atoms with Crippen molar-refractivity contribution >= 4 is 39.6 Å². The number of urea groups is 1. The van der Waals surface area contributed by atoms with Gasteiger partial charge in [0, 0.05) is 56.4 Å². The largest absolute Gasteiger partial charge is 0.507 e. The van der Waals surface area contributed by atoms with Crippen LogP contribution in [0.3, 0.4) is 0 Å². The molecule has 10 nitrogen and oxygen atoms in total. The number of hydrogen-bond acceptors (Lipinski definition) is 6. The molecule has 2 aromatic rings. The molecule has 3 saturated heterocycles. The zero-order valence-corrected chi connectivity index (χ0v) is 30.3. The van der Waals surface area contributed by atoms with Crippen LogP contribution in [-0.2, 0) is 22.4 Å². The molecule has 2 N–H and O–H groups in total. The average Bonchev–Trinajstić information content (AvgIpc) is 3.28. The number of carbonyl (C=O) groups excluding carboxylic acids is 3. The SMILES string of the molecule is CC1CCN(C2CCN(C(=O)[C@H](C)Cc3ccc(O)c(Br)c3)CC2)CC1.COC(=O)N1CCC(N2CCc3ccccc3NC2=O)CC1. The molecule has 4 heterocycles. The first kappa shape index (κ1) is 36.0. The molecule has 262 valence electrons. The predicted molar refractivity (Wildman–Crippen MR) is 191 cm³/mol. The number of phenols is 1. The molecule has 4 aliphatic heterocycles.